The number of para-hydroxylation sites is 1. The molecule has 0 bridgehead atoms. The van der Waals surface area contributed by atoms with Crippen LogP contribution in [-0.4, -0.2) is 20.9 Å². The highest BCUT2D eigenvalue weighted by Gasteiger charge is 2.25. The third-order valence-corrected chi connectivity index (χ3v) is 5.99. The van der Waals surface area contributed by atoms with Crippen molar-refractivity contribution in [1.82, 2.24) is 0 Å². The summed E-state index contributed by atoms with van der Waals surface area (Å²) in [4.78, 5) is 12.4. The number of nitrogens with zero attached hydrogens (tertiary/aromatic N) is 1. The zero-order chi connectivity index (χ0) is 21.7. The van der Waals surface area contributed by atoms with Crippen LogP contribution in [0.2, 0.25) is 0 Å². The monoisotopic (exact) mass is 428 g/mol. The number of sulfonamides is 1. The Morgan fingerprint density at radius 1 is 1.00 bits per heavy atom. The maximum absolute atomic E-state index is 13.8. The van der Waals surface area contributed by atoms with Gasteiger partial charge >= 0.3 is 0 Å². The molecule has 0 radical (unpaired) electrons. The lowest BCUT2D eigenvalue weighted by Gasteiger charge is -2.23. The molecule has 0 aliphatic heterocycles. The van der Waals surface area contributed by atoms with Crippen LogP contribution in [0.1, 0.15) is 10.4 Å². The third kappa shape index (κ3) is 4.55. The summed E-state index contributed by atoms with van der Waals surface area (Å²) < 4.78 is 54.4. The standard InChI is InChI=1S/C22H18F2N2O3S/c1-2-13-26(18-8-4-3-5-9-18)30(28,29)19-10-6-7-16(14-19)22(27)25-21-12-11-17(23)15-20(21)24/h2-12,14-15H,1,13H2,(H,25,27). The summed E-state index contributed by atoms with van der Waals surface area (Å²) in [6.45, 7) is 3.64. The normalized spacial score (nSPS) is 11.0. The lowest BCUT2D eigenvalue weighted by atomic mass is 10.2. The second-order valence-corrected chi connectivity index (χ2v) is 8.13. The quantitative estimate of drug-likeness (QED) is 0.560. The van der Waals surface area contributed by atoms with Crippen LogP contribution in [0.15, 0.2) is 90.3 Å². The van der Waals surface area contributed by atoms with E-state index in [1.807, 2.05) is 0 Å². The van der Waals surface area contributed by atoms with Gasteiger partial charge in [-0.3, -0.25) is 9.10 Å². The van der Waals surface area contributed by atoms with Gasteiger partial charge in [-0.15, -0.1) is 6.58 Å². The Labute approximate surface area is 173 Å². The molecule has 0 aliphatic carbocycles. The number of hydrogen-bond acceptors (Lipinski definition) is 3. The molecule has 30 heavy (non-hydrogen) atoms. The summed E-state index contributed by atoms with van der Waals surface area (Å²) in [5.41, 5.74) is 0.235. The SMILES string of the molecule is C=CCN(c1ccccc1)S(=O)(=O)c1cccc(C(=O)Nc2ccc(F)cc2F)c1. The van der Waals surface area contributed by atoms with E-state index in [0.29, 0.717) is 11.8 Å². The fourth-order valence-corrected chi connectivity index (χ4v) is 4.25. The number of carbonyl (C=O) groups is 1. The van der Waals surface area contributed by atoms with Gasteiger partial charge in [-0.05, 0) is 42.5 Å². The van der Waals surface area contributed by atoms with Gasteiger partial charge < -0.3 is 5.32 Å². The van der Waals surface area contributed by atoms with E-state index in [9.17, 15) is 22.0 Å². The molecule has 1 N–H and O–H groups in total. The van der Waals surface area contributed by atoms with Crippen LogP contribution in [0.25, 0.3) is 0 Å². The molecule has 3 rings (SSSR count). The number of nitrogens with one attached hydrogen (secondary N) is 1. The van der Waals surface area contributed by atoms with Gasteiger partial charge in [0.1, 0.15) is 11.6 Å². The number of hydrogen-bond donors (Lipinski definition) is 1. The van der Waals surface area contributed by atoms with Gasteiger partial charge in [0.15, 0.2) is 0 Å². The van der Waals surface area contributed by atoms with E-state index in [1.54, 1.807) is 30.3 Å². The molecule has 0 aromatic heterocycles. The topological polar surface area (TPSA) is 66.5 Å². The molecule has 0 atom stereocenters. The Morgan fingerprint density at radius 2 is 1.73 bits per heavy atom. The van der Waals surface area contributed by atoms with Crippen LogP contribution in [0, 0.1) is 11.6 Å². The zero-order valence-electron chi connectivity index (χ0n) is 15.8. The lowest BCUT2D eigenvalue weighted by molar-refractivity contribution is 0.102. The number of carbonyl (C=O) groups excluding carboxylic acids is 1. The van der Waals surface area contributed by atoms with Crippen LogP contribution in [0.4, 0.5) is 20.2 Å². The molecule has 3 aromatic carbocycles. The summed E-state index contributed by atoms with van der Waals surface area (Å²) in [5.74, 6) is -2.44. The molecule has 0 saturated heterocycles. The van der Waals surface area contributed by atoms with Crippen molar-refractivity contribution in [1.29, 1.82) is 0 Å². The number of benzene rings is 3. The van der Waals surface area contributed by atoms with Crippen molar-refractivity contribution in [3.63, 3.8) is 0 Å². The highest BCUT2D eigenvalue weighted by Crippen LogP contribution is 2.24. The number of halogens is 2. The average Bonchev–Trinajstić information content (AvgIpc) is 2.74. The minimum atomic E-state index is -4.00. The first-order chi connectivity index (χ1) is 14.3. The van der Waals surface area contributed by atoms with Gasteiger partial charge in [-0.2, -0.15) is 0 Å². The Morgan fingerprint density at radius 3 is 2.40 bits per heavy atom. The molecule has 0 saturated carbocycles. The highest BCUT2D eigenvalue weighted by molar-refractivity contribution is 7.92. The second kappa shape index (κ2) is 8.87. The van der Waals surface area contributed by atoms with Gasteiger partial charge in [0, 0.05) is 11.6 Å². The smallest absolute Gasteiger partial charge is 0.264 e. The number of amides is 1. The Kier molecular flexibility index (Phi) is 6.27. The lowest BCUT2D eigenvalue weighted by Crippen LogP contribution is -2.31. The summed E-state index contributed by atoms with van der Waals surface area (Å²) >= 11 is 0. The Bertz CT molecular complexity index is 1180. The highest BCUT2D eigenvalue weighted by atomic mass is 32.2. The van der Waals surface area contributed by atoms with Crippen molar-refractivity contribution in [2.75, 3.05) is 16.2 Å². The first-order valence-electron chi connectivity index (χ1n) is 8.88. The van der Waals surface area contributed by atoms with Crippen molar-refractivity contribution in [2.45, 2.75) is 4.90 Å². The maximum atomic E-state index is 13.8. The molecule has 0 spiro atoms. The molecular weight excluding hydrogens is 410 g/mol. The molecule has 154 valence electrons. The van der Waals surface area contributed by atoms with E-state index in [0.717, 1.165) is 16.4 Å². The van der Waals surface area contributed by atoms with E-state index in [4.69, 9.17) is 0 Å². The third-order valence-electron chi connectivity index (χ3n) is 4.20. The van der Waals surface area contributed by atoms with E-state index >= 15 is 0 Å². The minimum Gasteiger partial charge on any atom is -0.319 e. The van der Waals surface area contributed by atoms with E-state index in [-0.39, 0.29) is 22.7 Å². The Balaban J connectivity index is 1.93. The summed E-state index contributed by atoms with van der Waals surface area (Å²) in [5, 5.41) is 2.31. The van der Waals surface area contributed by atoms with Crippen LogP contribution in [0.3, 0.4) is 0 Å². The summed E-state index contributed by atoms with van der Waals surface area (Å²) in [6.07, 6.45) is 1.46. The predicted octanol–water partition coefficient (Wildman–Crippen LogP) is 4.60. The van der Waals surface area contributed by atoms with Crippen molar-refractivity contribution in [3.05, 3.63) is 103 Å². The summed E-state index contributed by atoms with van der Waals surface area (Å²) in [7, 11) is -4.00. The van der Waals surface area contributed by atoms with Crippen molar-refractivity contribution >= 4 is 27.3 Å². The molecular formula is C22H18F2N2O3S. The second-order valence-electron chi connectivity index (χ2n) is 6.27. The zero-order valence-corrected chi connectivity index (χ0v) is 16.6. The van der Waals surface area contributed by atoms with Gasteiger partial charge in [0.05, 0.1) is 22.8 Å². The van der Waals surface area contributed by atoms with E-state index in [2.05, 4.69) is 11.9 Å². The molecule has 0 heterocycles. The number of rotatable bonds is 7. The minimum absolute atomic E-state index is 0.00594. The van der Waals surface area contributed by atoms with Crippen LogP contribution < -0.4 is 9.62 Å². The fourth-order valence-electron chi connectivity index (χ4n) is 2.76. The van der Waals surface area contributed by atoms with E-state index in [1.165, 1.54) is 30.3 Å². The molecule has 1 amide bonds. The summed E-state index contributed by atoms with van der Waals surface area (Å²) in [6, 6.07) is 16.6. The molecule has 0 aliphatic rings. The van der Waals surface area contributed by atoms with Gasteiger partial charge in [-0.25, -0.2) is 17.2 Å². The maximum Gasteiger partial charge on any atom is 0.264 e. The van der Waals surface area contributed by atoms with Crippen LogP contribution in [0.5, 0.6) is 0 Å². The fraction of sp³-hybridized carbons (Fsp3) is 0.0455. The van der Waals surface area contributed by atoms with Gasteiger partial charge in [0.25, 0.3) is 15.9 Å². The van der Waals surface area contributed by atoms with E-state index < -0.39 is 27.6 Å². The van der Waals surface area contributed by atoms with Crippen LogP contribution >= 0.6 is 0 Å². The number of anilines is 2. The molecule has 5 nitrogen and oxygen atoms in total. The average molecular weight is 428 g/mol. The van der Waals surface area contributed by atoms with Crippen molar-refractivity contribution < 1.29 is 22.0 Å². The largest absolute Gasteiger partial charge is 0.319 e. The van der Waals surface area contributed by atoms with Crippen molar-refractivity contribution in [2.24, 2.45) is 0 Å². The van der Waals surface area contributed by atoms with Gasteiger partial charge in [0.2, 0.25) is 0 Å². The molecule has 0 unspecified atom stereocenters. The van der Waals surface area contributed by atoms with Crippen LogP contribution in [-0.2, 0) is 10.0 Å². The first kappa shape index (κ1) is 21.2. The Hall–Kier alpha value is -3.52. The molecule has 3 aromatic rings. The van der Waals surface area contributed by atoms with Crippen molar-refractivity contribution in [3.8, 4) is 0 Å². The molecule has 0 fully saturated rings. The molecule has 8 heteroatoms. The van der Waals surface area contributed by atoms with Gasteiger partial charge in [-0.1, -0.05) is 30.3 Å². The first-order valence-corrected chi connectivity index (χ1v) is 10.3. The predicted molar refractivity (Wildman–Crippen MR) is 112 cm³/mol.